The van der Waals surface area contributed by atoms with Gasteiger partial charge in [-0.05, 0) is 18.2 Å². The van der Waals surface area contributed by atoms with E-state index in [4.69, 9.17) is 0 Å². The molecule has 0 N–H and O–H groups in total. The number of pyridine rings is 1. The topological polar surface area (TPSA) is 56.9 Å². The number of nitrogens with zero attached hydrogens (tertiary/aromatic N) is 3. The number of fused-ring (bicyclic) bond motifs is 1. The van der Waals surface area contributed by atoms with Crippen LogP contribution in [-0.2, 0) is 14.1 Å². The summed E-state index contributed by atoms with van der Waals surface area (Å²) < 4.78 is 2.53. The monoisotopic (exact) mass is 265 g/mol. The van der Waals surface area contributed by atoms with Gasteiger partial charge in [-0.3, -0.25) is 13.9 Å². The van der Waals surface area contributed by atoms with E-state index in [1.165, 1.54) is 11.6 Å². The molecule has 2 aromatic heterocycles. The molecule has 5 nitrogen and oxygen atoms in total. The van der Waals surface area contributed by atoms with Gasteiger partial charge >= 0.3 is 5.69 Å². The van der Waals surface area contributed by atoms with Gasteiger partial charge in [-0.25, -0.2) is 9.78 Å². The lowest BCUT2D eigenvalue weighted by Gasteiger charge is -2.09. The fourth-order valence-corrected chi connectivity index (χ4v) is 2.70. The molecule has 0 amide bonds. The van der Waals surface area contributed by atoms with Gasteiger partial charge in [-0.1, -0.05) is 6.92 Å². The van der Waals surface area contributed by atoms with E-state index in [2.05, 4.69) is 11.9 Å². The third kappa shape index (κ3) is 1.96. The number of aromatic nitrogens is 3. The van der Waals surface area contributed by atoms with Crippen LogP contribution in [-0.4, -0.2) is 19.9 Å². The highest BCUT2D eigenvalue weighted by Crippen LogP contribution is 2.23. The van der Waals surface area contributed by atoms with E-state index in [1.54, 1.807) is 25.0 Å². The number of rotatable bonds is 3. The molecular weight excluding hydrogens is 250 g/mol. The molecule has 0 aromatic carbocycles. The first-order chi connectivity index (χ1) is 8.57. The summed E-state index contributed by atoms with van der Waals surface area (Å²) >= 11 is 1.62. The summed E-state index contributed by atoms with van der Waals surface area (Å²) in [4.78, 5) is 29.0. The minimum absolute atomic E-state index is 0.278. The van der Waals surface area contributed by atoms with Crippen LogP contribution in [0.15, 0.2) is 26.7 Å². The Bertz CT molecular complexity index is 703. The summed E-state index contributed by atoms with van der Waals surface area (Å²) in [6.07, 6.45) is 2.67. The maximum Gasteiger partial charge on any atom is 0.332 e. The van der Waals surface area contributed by atoms with Crippen molar-refractivity contribution in [1.29, 1.82) is 0 Å². The van der Waals surface area contributed by atoms with Crippen molar-refractivity contribution in [1.82, 2.24) is 14.1 Å². The van der Waals surface area contributed by atoms with Crippen LogP contribution in [0.25, 0.3) is 11.0 Å². The van der Waals surface area contributed by atoms with Gasteiger partial charge in [0.2, 0.25) is 0 Å². The molecule has 0 aliphatic heterocycles. The molecule has 0 spiro atoms. The molecule has 0 fully saturated rings. The van der Waals surface area contributed by atoms with E-state index < -0.39 is 0 Å². The molecule has 6 heteroatoms. The molecule has 2 heterocycles. The van der Waals surface area contributed by atoms with Gasteiger partial charge in [0.15, 0.2) is 0 Å². The molecular formula is C12H15N3O2S. The molecule has 0 radical (unpaired) electrons. The molecule has 0 aliphatic rings. The van der Waals surface area contributed by atoms with Crippen LogP contribution < -0.4 is 11.2 Å². The summed E-state index contributed by atoms with van der Waals surface area (Å²) in [5.74, 6) is 0.936. The van der Waals surface area contributed by atoms with Gasteiger partial charge in [0, 0.05) is 25.2 Å². The standard InChI is InChI=1S/C12H15N3O2S/c1-4-7-18-8-5-6-13-10-9(8)11(16)15(3)12(17)14(10)2/h5-6H,4,7H2,1-3H3. The van der Waals surface area contributed by atoms with Crippen molar-refractivity contribution in [2.75, 3.05) is 5.75 Å². The molecule has 2 rings (SSSR count). The highest BCUT2D eigenvalue weighted by molar-refractivity contribution is 7.99. The van der Waals surface area contributed by atoms with Gasteiger partial charge in [0.05, 0.1) is 5.39 Å². The maximum absolute atomic E-state index is 12.2. The lowest BCUT2D eigenvalue weighted by atomic mass is 10.3. The molecule has 0 atom stereocenters. The summed E-state index contributed by atoms with van der Waals surface area (Å²) in [5, 5.41) is 0.528. The van der Waals surface area contributed by atoms with Crippen LogP contribution in [0, 0.1) is 0 Å². The van der Waals surface area contributed by atoms with Crippen LogP contribution in [0.2, 0.25) is 0 Å². The van der Waals surface area contributed by atoms with Crippen LogP contribution in [0.4, 0.5) is 0 Å². The first-order valence-corrected chi connectivity index (χ1v) is 6.74. The van der Waals surface area contributed by atoms with Crippen molar-refractivity contribution >= 4 is 22.8 Å². The van der Waals surface area contributed by atoms with Crippen molar-refractivity contribution in [3.8, 4) is 0 Å². The average Bonchev–Trinajstić information content (AvgIpc) is 2.40. The van der Waals surface area contributed by atoms with E-state index in [9.17, 15) is 9.59 Å². The summed E-state index contributed by atoms with van der Waals surface area (Å²) in [7, 11) is 3.12. The first-order valence-electron chi connectivity index (χ1n) is 5.75. The Labute approximate surface area is 108 Å². The predicted octanol–water partition coefficient (Wildman–Crippen LogP) is 1.13. The van der Waals surface area contributed by atoms with Crippen molar-refractivity contribution < 1.29 is 0 Å². The summed E-state index contributed by atoms with van der Waals surface area (Å²) in [5.41, 5.74) is -0.179. The Kier molecular flexibility index (Phi) is 3.56. The fraction of sp³-hybridized carbons (Fsp3) is 0.417. The third-order valence-corrected chi connectivity index (χ3v) is 4.03. The van der Waals surface area contributed by atoms with Gasteiger partial charge < -0.3 is 0 Å². The number of hydrogen-bond donors (Lipinski definition) is 0. The molecule has 0 saturated heterocycles. The smallest absolute Gasteiger partial charge is 0.280 e. The summed E-state index contributed by atoms with van der Waals surface area (Å²) in [6.45, 7) is 2.09. The SMILES string of the molecule is CCCSc1ccnc2c1c(=O)n(C)c(=O)n2C. The van der Waals surface area contributed by atoms with Gasteiger partial charge in [0.25, 0.3) is 5.56 Å². The largest absolute Gasteiger partial charge is 0.332 e. The summed E-state index contributed by atoms with van der Waals surface area (Å²) in [6, 6.07) is 1.83. The molecule has 0 bridgehead atoms. The molecule has 0 saturated carbocycles. The average molecular weight is 265 g/mol. The lowest BCUT2D eigenvalue weighted by Crippen LogP contribution is -2.37. The van der Waals surface area contributed by atoms with Crippen LogP contribution in [0.5, 0.6) is 0 Å². The minimum atomic E-state index is -0.349. The Morgan fingerprint density at radius 1 is 1.28 bits per heavy atom. The second-order valence-corrected chi connectivity index (χ2v) is 5.20. The number of thioether (sulfide) groups is 1. The second-order valence-electron chi connectivity index (χ2n) is 4.06. The Hall–Kier alpha value is -1.56. The van der Waals surface area contributed by atoms with Gasteiger partial charge in [0.1, 0.15) is 5.65 Å². The quantitative estimate of drug-likeness (QED) is 0.781. The Morgan fingerprint density at radius 2 is 2.00 bits per heavy atom. The van der Waals surface area contributed by atoms with E-state index in [1.807, 2.05) is 6.07 Å². The van der Waals surface area contributed by atoms with Crippen LogP contribution in [0.3, 0.4) is 0 Å². The normalized spacial score (nSPS) is 11.1. The van der Waals surface area contributed by atoms with Crippen molar-refractivity contribution in [2.45, 2.75) is 18.2 Å². The van der Waals surface area contributed by atoms with E-state index in [0.717, 1.165) is 21.6 Å². The Morgan fingerprint density at radius 3 is 2.67 bits per heavy atom. The zero-order valence-corrected chi connectivity index (χ0v) is 11.5. The second kappa shape index (κ2) is 4.97. The zero-order valence-electron chi connectivity index (χ0n) is 10.6. The van der Waals surface area contributed by atoms with E-state index in [0.29, 0.717) is 11.0 Å². The minimum Gasteiger partial charge on any atom is -0.280 e. The number of hydrogen-bond acceptors (Lipinski definition) is 4. The lowest BCUT2D eigenvalue weighted by molar-refractivity contribution is 0.706. The highest BCUT2D eigenvalue weighted by atomic mass is 32.2. The van der Waals surface area contributed by atoms with Crippen molar-refractivity contribution in [3.05, 3.63) is 33.1 Å². The maximum atomic E-state index is 12.2. The van der Waals surface area contributed by atoms with Gasteiger partial charge in [-0.15, -0.1) is 11.8 Å². The van der Waals surface area contributed by atoms with E-state index >= 15 is 0 Å². The number of aryl methyl sites for hydroxylation is 1. The zero-order chi connectivity index (χ0) is 13.3. The third-order valence-electron chi connectivity index (χ3n) is 2.76. The molecule has 0 aliphatic carbocycles. The predicted molar refractivity (Wildman–Crippen MR) is 73.2 cm³/mol. The molecule has 18 heavy (non-hydrogen) atoms. The molecule has 0 unspecified atom stereocenters. The van der Waals surface area contributed by atoms with E-state index in [-0.39, 0.29) is 11.2 Å². The first kappa shape index (κ1) is 12.9. The Balaban J connectivity index is 2.84. The fourth-order valence-electron chi connectivity index (χ4n) is 1.79. The van der Waals surface area contributed by atoms with Crippen LogP contribution in [0.1, 0.15) is 13.3 Å². The highest BCUT2D eigenvalue weighted by Gasteiger charge is 2.13. The van der Waals surface area contributed by atoms with Crippen molar-refractivity contribution in [2.24, 2.45) is 14.1 Å². The van der Waals surface area contributed by atoms with Gasteiger partial charge in [-0.2, -0.15) is 0 Å². The molecule has 96 valence electrons. The van der Waals surface area contributed by atoms with Crippen LogP contribution >= 0.6 is 11.8 Å². The molecule has 2 aromatic rings. The van der Waals surface area contributed by atoms with Crippen molar-refractivity contribution in [3.63, 3.8) is 0 Å².